The lowest BCUT2D eigenvalue weighted by molar-refractivity contribution is -0.115. The molecular weight excluding hydrogens is 344 g/mol. The Kier molecular flexibility index (Phi) is 5.11. The Morgan fingerprint density at radius 3 is 2.75 bits per heavy atom. The third kappa shape index (κ3) is 3.91. The topological polar surface area (TPSA) is 55.1 Å². The largest absolute Gasteiger partial charge is 0.431 e. The SMILES string of the molecule is CCc1ccc(NC(=O)C(C)Sc2nc3cc(Cl)ccc3o2)cc1. The predicted octanol–water partition coefficient (Wildman–Crippen LogP) is 5.16. The van der Waals surface area contributed by atoms with Crippen molar-refractivity contribution in [1.82, 2.24) is 4.98 Å². The molecule has 1 heterocycles. The van der Waals surface area contributed by atoms with Crippen LogP contribution >= 0.6 is 23.4 Å². The van der Waals surface area contributed by atoms with E-state index in [-0.39, 0.29) is 11.2 Å². The van der Waals surface area contributed by atoms with Gasteiger partial charge >= 0.3 is 0 Å². The molecule has 0 aliphatic rings. The molecule has 1 N–H and O–H groups in total. The quantitative estimate of drug-likeness (QED) is 0.638. The molecule has 24 heavy (non-hydrogen) atoms. The Morgan fingerprint density at radius 2 is 2.04 bits per heavy atom. The first-order valence-electron chi connectivity index (χ1n) is 7.67. The highest BCUT2D eigenvalue weighted by Gasteiger charge is 2.18. The van der Waals surface area contributed by atoms with Crippen LogP contribution in [0.3, 0.4) is 0 Å². The van der Waals surface area contributed by atoms with E-state index in [4.69, 9.17) is 16.0 Å². The molecule has 1 unspecified atom stereocenters. The van der Waals surface area contributed by atoms with Gasteiger partial charge in [-0.2, -0.15) is 0 Å². The van der Waals surface area contributed by atoms with E-state index >= 15 is 0 Å². The molecule has 1 amide bonds. The van der Waals surface area contributed by atoms with E-state index in [1.54, 1.807) is 18.2 Å². The molecule has 0 spiro atoms. The molecule has 1 aromatic heterocycles. The van der Waals surface area contributed by atoms with Crippen LogP contribution in [0.2, 0.25) is 5.02 Å². The van der Waals surface area contributed by atoms with Gasteiger partial charge in [0.15, 0.2) is 5.58 Å². The lowest BCUT2D eigenvalue weighted by Gasteiger charge is -2.10. The summed E-state index contributed by atoms with van der Waals surface area (Å²) < 4.78 is 5.64. The van der Waals surface area contributed by atoms with Crippen molar-refractivity contribution in [2.24, 2.45) is 0 Å². The van der Waals surface area contributed by atoms with E-state index in [1.807, 2.05) is 31.2 Å². The average Bonchev–Trinajstić information content (AvgIpc) is 2.96. The number of benzene rings is 2. The Labute approximate surface area is 149 Å². The van der Waals surface area contributed by atoms with Gasteiger partial charge in [0.2, 0.25) is 5.91 Å². The van der Waals surface area contributed by atoms with E-state index in [1.165, 1.54) is 17.3 Å². The van der Waals surface area contributed by atoms with Crippen LogP contribution in [-0.4, -0.2) is 16.1 Å². The zero-order valence-electron chi connectivity index (χ0n) is 13.4. The van der Waals surface area contributed by atoms with E-state index in [9.17, 15) is 4.79 Å². The number of halogens is 1. The summed E-state index contributed by atoms with van der Waals surface area (Å²) in [5.74, 6) is -0.0930. The van der Waals surface area contributed by atoms with Crippen LogP contribution in [0.5, 0.6) is 0 Å². The van der Waals surface area contributed by atoms with E-state index in [0.717, 1.165) is 12.1 Å². The molecule has 0 aliphatic heterocycles. The summed E-state index contributed by atoms with van der Waals surface area (Å²) in [5.41, 5.74) is 3.37. The van der Waals surface area contributed by atoms with Gasteiger partial charge < -0.3 is 9.73 Å². The van der Waals surface area contributed by atoms with Crippen molar-refractivity contribution in [3.63, 3.8) is 0 Å². The maximum Gasteiger partial charge on any atom is 0.257 e. The molecule has 0 bridgehead atoms. The molecule has 0 saturated carbocycles. The van der Waals surface area contributed by atoms with Crippen molar-refractivity contribution in [2.45, 2.75) is 30.7 Å². The molecule has 6 heteroatoms. The van der Waals surface area contributed by atoms with Gasteiger partial charge in [0.1, 0.15) is 5.52 Å². The Morgan fingerprint density at radius 1 is 1.29 bits per heavy atom. The number of carbonyl (C=O) groups is 1. The Bertz CT molecular complexity index is 861. The second-order valence-electron chi connectivity index (χ2n) is 5.39. The number of aromatic nitrogens is 1. The van der Waals surface area contributed by atoms with Gasteiger partial charge in [-0.25, -0.2) is 4.98 Å². The highest BCUT2D eigenvalue weighted by molar-refractivity contribution is 8.00. The minimum atomic E-state index is -0.334. The molecule has 124 valence electrons. The monoisotopic (exact) mass is 360 g/mol. The summed E-state index contributed by atoms with van der Waals surface area (Å²) in [4.78, 5) is 16.7. The molecule has 0 fully saturated rings. The number of hydrogen-bond donors (Lipinski definition) is 1. The number of carbonyl (C=O) groups excluding carboxylic acids is 1. The maximum atomic E-state index is 12.3. The highest BCUT2D eigenvalue weighted by atomic mass is 35.5. The van der Waals surface area contributed by atoms with Crippen LogP contribution < -0.4 is 5.32 Å². The summed E-state index contributed by atoms with van der Waals surface area (Å²) in [5, 5.41) is 3.63. The second-order valence-corrected chi connectivity index (χ2v) is 7.12. The van der Waals surface area contributed by atoms with Crippen molar-refractivity contribution in [2.75, 3.05) is 5.32 Å². The van der Waals surface area contributed by atoms with Crippen molar-refractivity contribution in [1.29, 1.82) is 0 Å². The zero-order valence-corrected chi connectivity index (χ0v) is 14.9. The minimum Gasteiger partial charge on any atom is -0.431 e. The predicted molar refractivity (Wildman–Crippen MR) is 98.8 cm³/mol. The summed E-state index contributed by atoms with van der Waals surface area (Å²) >= 11 is 7.22. The van der Waals surface area contributed by atoms with E-state index < -0.39 is 0 Å². The van der Waals surface area contributed by atoms with Crippen LogP contribution in [0.1, 0.15) is 19.4 Å². The minimum absolute atomic E-state index is 0.0930. The summed E-state index contributed by atoms with van der Waals surface area (Å²) in [6, 6.07) is 13.1. The smallest absolute Gasteiger partial charge is 0.257 e. The number of nitrogens with one attached hydrogen (secondary N) is 1. The van der Waals surface area contributed by atoms with Gasteiger partial charge in [0.05, 0.1) is 5.25 Å². The number of fused-ring (bicyclic) bond motifs is 1. The third-order valence-electron chi connectivity index (χ3n) is 3.61. The molecule has 0 saturated heterocycles. The first kappa shape index (κ1) is 16.9. The fourth-order valence-corrected chi connectivity index (χ4v) is 3.13. The molecule has 3 aromatic rings. The summed E-state index contributed by atoms with van der Waals surface area (Å²) in [6.45, 7) is 3.92. The first-order chi connectivity index (χ1) is 11.5. The van der Waals surface area contributed by atoms with Gasteiger partial charge in [-0.15, -0.1) is 0 Å². The van der Waals surface area contributed by atoms with Gasteiger partial charge in [0, 0.05) is 10.7 Å². The Balaban J connectivity index is 1.65. The average molecular weight is 361 g/mol. The van der Waals surface area contributed by atoms with Crippen LogP contribution in [0.15, 0.2) is 52.1 Å². The molecule has 2 aromatic carbocycles. The van der Waals surface area contributed by atoms with Crippen molar-refractivity contribution in [3.8, 4) is 0 Å². The summed E-state index contributed by atoms with van der Waals surface area (Å²) in [6.07, 6.45) is 0.974. The number of oxazole rings is 1. The van der Waals surface area contributed by atoms with E-state index in [0.29, 0.717) is 21.3 Å². The fraction of sp³-hybridized carbons (Fsp3) is 0.222. The molecule has 4 nitrogen and oxygen atoms in total. The standard InChI is InChI=1S/C18H17ClN2O2S/c1-3-12-4-7-14(8-5-12)20-17(22)11(2)24-18-21-15-10-13(19)6-9-16(15)23-18/h4-11H,3H2,1-2H3,(H,20,22). The third-order valence-corrected chi connectivity index (χ3v) is 4.79. The van der Waals surface area contributed by atoms with Gasteiger partial charge in [-0.05, 0) is 49.2 Å². The lowest BCUT2D eigenvalue weighted by atomic mass is 10.1. The first-order valence-corrected chi connectivity index (χ1v) is 8.93. The van der Waals surface area contributed by atoms with E-state index in [2.05, 4.69) is 17.2 Å². The molecule has 0 aliphatic carbocycles. The summed E-state index contributed by atoms with van der Waals surface area (Å²) in [7, 11) is 0. The second kappa shape index (κ2) is 7.28. The molecule has 0 radical (unpaired) electrons. The number of anilines is 1. The normalized spacial score (nSPS) is 12.3. The number of thioether (sulfide) groups is 1. The van der Waals surface area contributed by atoms with Crippen molar-refractivity contribution < 1.29 is 9.21 Å². The van der Waals surface area contributed by atoms with Crippen LogP contribution in [0.4, 0.5) is 5.69 Å². The van der Waals surface area contributed by atoms with Crippen LogP contribution in [0, 0.1) is 0 Å². The van der Waals surface area contributed by atoms with Crippen molar-refractivity contribution in [3.05, 3.63) is 53.1 Å². The lowest BCUT2D eigenvalue weighted by Crippen LogP contribution is -2.22. The molecular formula is C18H17ClN2O2S. The Hall–Kier alpha value is -1.98. The number of aryl methyl sites for hydroxylation is 1. The fourth-order valence-electron chi connectivity index (χ4n) is 2.20. The van der Waals surface area contributed by atoms with Crippen LogP contribution in [-0.2, 0) is 11.2 Å². The molecule has 3 rings (SSSR count). The highest BCUT2D eigenvalue weighted by Crippen LogP contribution is 2.28. The molecule has 1 atom stereocenters. The van der Waals surface area contributed by atoms with Gasteiger partial charge in [-0.1, -0.05) is 42.4 Å². The number of nitrogens with zero attached hydrogens (tertiary/aromatic N) is 1. The van der Waals surface area contributed by atoms with Crippen molar-refractivity contribution >= 4 is 46.1 Å². The number of rotatable bonds is 5. The van der Waals surface area contributed by atoms with Crippen LogP contribution in [0.25, 0.3) is 11.1 Å². The maximum absolute atomic E-state index is 12.3. The zero-order chi connectivity index (χ0) is 17.1. The van der Waals surface area contributed by atoms with Gasteiger partial charge in [-0.3, -0.25) is 4.79 Å². The number of amides is 1. The number of hydrogen-bond acceptors (Lipinski definition) is 4. The van der Waals surface area contributed by atoms with Gasteiger partial charge in [0.25, 0.3) is 5.22 Å².